The van der Waals surface area contributed by atoms with E-state index in [0.29, 0.717) is 35.2 Å². The zero-order chi connectivity index (χ0) is 28.6. The van der Waals surface area contributed by atoms with E-state index in [1.165, 1.54) is 29.2 Å². The van der Waals surface area contributed by atoms with Crippen molar-refractivity contribution in [3.8, 4) is 0 Å². The molecule has 8 nitrogen and oxygen atoms in total. The average molecular weight is 562 g/mol. The molecule has 0 aliphatic carbocycles. The molecular weight excluding hydrogens is 537 g/mol. The van der Waals surface area contributed by atoms with Crippen LogP contribution in [0, 0.1) is 11.7 Å². The number of fused-ring (bicyclic) bond motifs is 1. The van der Waals surface area contributed by atoms with Crippen molar-refractivity contribution in [1.29, 1.82) is 0 Å². The summed E-state index contributed by atoms with van der Waals surface area (Å²) in [6, 6.07) is 6.10. The Morgan fingerprint density at radius 3 is 2.36 bits per heavy atom. The summed E-state index contributed by atoms with van der Waals surface area (Å²) in [5.74, 6) is -1.14. The number of likely N-dealkylation sites (tertiary alicyclic amines) is 1. The van der Waals surface area contributed by atoms with E-state index < -0.39 is 46.7 Å². The second-order valence-electron chi connectivity index (χ2n) is 9.49. The second kappa shape index (κ2) is 10.5. The number of amides is 2. The van der Waals surface area contributed by atoms with Crippen molar-refractivity contribution in [2.45, 2.75) is 31.1 Å². The summed E-state index contributed by atoms with van der Waals surface area (Å²) in [4.78, 5) is 17.3. The van der Waals surface area contributed by atoms with E-state index in [0.717, 1.165) is 0 Å². The highest BCUT2D eigenvalue weighted by molar-refractivity contribution is 5.74. The molecule has 0 unspecified atom stereocenters. The maximum atomic E-state index is 13.7. The summed E-state index contributed by atoms with van der Waals surface area (Å²) in [6.07, 6.45) is -9.35. The Labute approximate surface area is 217 Å². The zero-order valence-electron chi connectivity index (χ0n) is 20.6. The monoisotopic (exact) mass is 562 g/mol. The third kappa shape index (κ3) is 6.02. The normalized spacial score (nSPS) is 17.9. The van der Waals surface area contributed by atoms with Gasteiger partial charge in [0.1, 0.15) is 11.6 Å². The van der Waals surface area contributed by atoms with Crippen LogP contribution in [0.15, 0.2) is 36.4 Å². The van der Waals surface area contributed by atoms with E-state index >= 15 is 0 Å². The van der Waals surface area contributed by atoms with Gasteiger partial charge in [0.05, 0.1) is 6.61 Å². The third-order valence-corrected chi connectivity index (χ3v) is 6.91. The Morgan fingerprint density at radius 2 is 1.74 bits per heavy atom. The number of rotatable bonds is 7. The highest BCUT2D eigenvalue weighted by atomic mass is 19.4. The number of benzene rings is 1. The molecule has 3 heterocycles. The first kappa shape index (κ1) is 28.4. The summed E-state index contributed by atoms with van der Waals surface area (Å²) >= 11 is 0. The van der Waals surface area contributed by atoms with Gasteiger partial charge < -0.3 is 20.6 Å². The maximum absolute atomic E-state index is 13.7. The Morgan fingerprint density at radius 1 is 1.08 bits per heavy atom. The molecule has 1 saturated heterocycles. The van der Waals surface area contributed by atoms with Crippen molar-refractivity contribution in [3.05, 3.63) is 59.2 Å². The van der Waals surface area contributed by atoms with E-state index in [1.807, 2.05) is 0 Å². The molecule has 2 atom stereocenters. The first-order valence-corrected chi connectivity index (χ1v) is 11.9. The first-order chi connectivity index (χ1) is 18.2. The highest BCUT2D eigenvalue weighted by Crippen LogP contribution is 2.39. The van der Waals surface area contributed by atoms with Crippen molar-refractivity contribution >= 4 is 17.5 Å². The van der Waals surface area contributed by atoms with Gasteiger partial charge in [-0.05, 0) is 30.0 Å². The number of carbonyl (C=O) groups excluding carboxylic acids is 1. The highest BCUT2D eigenvalue weighted by Gasteiger charge is 2.42. The van der Waals surface area contributed by atoms with Crippen LogP contribution in [-0.4, -0.2) is 63.4 Å². The van der Waals surface area contributed by atoms with Gasteiger partial charge in [-0.2, -0.15) is 36.0 Å². The Bertz CT molecular complexity index is 1330. The predicted molar refractivity (Wildman–Crippen MR) is 125 cm³/mol. The minimum Gasteiger partial charge on any atom is -0.395 e. The number of hydrogen-bond acceptors (Lipinski definition) is 5. The molecule has 1 aliphatic rings. The second-order valence-corrected chi connectivity index (χ2v) is 9.49. The SMILES string of the molecule is C[C@](CNc1cc(C(F)(F)F)nc2cc(C(F)(F)F)nn12)(c1ccc(F)cc1)[C@@H]1CCN(C(=O)NCCO)C1. The summed E-state index contributed by atoms with van der Waals surface area (Å²) in [7, 11) is 0. The molecule has 39 heavy (non-hydrogen) atoms. The number of carbonyl (C=O) groups is 1. The number of aliphatic hydroxyl groups is 1. The van der Waals surface area contributed by atoms with Gasteiger partial charge in [0.15, 0.2) is 17.0 Å². The minimum absolute atomic E-state index is 0.0557. The number of nitrogens with one attached hydrogen (secondary N) is 2. The van der Waals surface area contributed by atoms with Gasteiger partial charge >= 0.3 is 18.4 Å². The molecule has 1 fully saturated rings. The quantitative estimate of drug-likeness (QED) is 0.374. The van der Waals surface area contributed by atoms with Crippen LogP contribution in [0.4, 0.5) is 41.3 Å². The number of alkyl halides is 6. The summed E-state index contributed by atoms with van der Waals surface area (Å²) in [6.45, 7) is 2.09. The molecule has 2 amide bonds. The number of nitrogens with zero attached hydrogens (tertiary/aromatic N) is 4. The maximum Gasteiger partial charge on any atom is 0.435 e. The van der Waals surface area contributed by atoms with Crippen molar-refractivity contribution in [2.24, 2.45) is 5.92 Å². The van der Waals surface area contributed by atoms with E-state index in [2.05, 4.69) is 20.7 Å². The standard InChI is InChI=1S/C24H25F7N6O2/c1-22(14-2-4-16(25)5-3-14,15-6-8-36(12-15)21(39)32-7-9-38)13-33-19-10-17(23(26,27)28)34-20-11-18(24(29,30)31)35-37(19)20/h2-5,10-11,15,33,38H,6-9,12-13H2,1H3,(H,32,39)/t15-,22+/m1/s1. The lowest BCUT2D eigenvalue weighted by Gasteiger charge is -2.37. The van der Waals surface area contributed by atoms with E-state index in [1.54, 1.807) is 6.92 Å². The van der Waals surface area contributed by atoms with E-state index in [-0.39, 0.29) is 38.0 Å². The van der Waals surface area contributed by atoms with Gasteiger partial charge in [0.25, 0.3) is 0 Å². The number of hydrogen-bond donors (Lipinski definition) is 3. The molecule has 0 bridgehead atoms. The van der Waals surface area contributed by atoms with Crippen LogP contribution in [0.5, 0.6) is 0 Å². The molecule has 15 heteroatoms. The fraction of sp³-hybridized carbons (Fsp3) is 0.458. The van der Waals surface area contributed by atoms with Crippen LogP contribution >= 0.6 is 0 Å². The summed E-state index contributed by atoms with van der Waals surface area (Å²) in [5.41, 5.74) is -3.75. The number of aliphatic hydroxyl groups excluding tert-OH is 1. The van der Waals surface area contributed by atoms with Crippen LogP contribution < -0.4 is 10.6 Å². The van der Waals surface area contributed by atoms with Crippen molar-refractivity contribution < 1.29 is 40.6 Å². The fourth-order valence-corrected chi connectivity index (χ4v) is 4.71. The Hall–Kier alpha value is -3.62. The molecule has 212 valence electrons. The predicted octanol–water partition coefficient (Wildman–Crippen LogP) is 4.30. The van der Waals surface area contributed by atoms with Crippen LogP contribution in [0.1, 0.15) is 30.3 Å². The van der Waals surface area contributed by atoms with Gasteiger partial charge in [-0.15, -0.1) is 0 Å². The van der Waals surface area contributed by atoms with Crippen LogP contribution in [0.25, 0.3) is 5.65 Å². The minimum atomic E-state index is -4.94. The average Bonchev–Trinajstić information content (AvgIpc) is 3.53. The number of halogens is 7. The molecule has 0 saturated carbocycles. The summed E-state index contributed by atoms with van der Waals surface area (Å²) in [5, 5.41) is 17.8. The van der Waals surface area contributed by atoms with E-state index in [4.69, 9.17) is 5.11 Å². The smallest absolute Gasteiger partial charge is 0.395 e. The fourth-order valence-electron chi connectivity index (χ4n) is 4.71. The lowest BCUT2D eigenvalue weighted by molar-refractivity contribution is -0.142. The topological polar surface area (TPSA) is 94.8 Å². The largest absolute Gasteiger partial charge is 0.435 e. The zero-order valence-corrected chi connectivity index (χ0v) is 20.6. The Kier molecular flexibility index (Phi) is 7.65. The van der Waals surface area contributed by atoms with Crippen LogP contribution in [0.2, 0.25) is 0 Å². The molecule has 4 rings (SSSR count). The lowest BCUT2D eigenvalue weighted by Crippen LogP contribution is -2.43. The lowest BCUT2D eigenvalue weighted by atomic mass is 9.71. The Balaban J connectivity index is 1.70. The van der Waals surface area contributed by atoms with Crippen LogP contribution in [0.3, 0.4) is 0 Å². The third-order valence-electron chi connectivity index (χ3n) is 6.91. The van der Waals surface area contributed by atoms with Crippen molar-refractivity contribution in [3.63, 3.8) is 0 Å². The molecule has 0 spiro atoms. The van der Waals surface area contributed by atoms with Gasteiger partial charge in [-0.3, -0.25) is 0 Å². The molecule has 0 radical (unpaired) electrons. The molecule has 3 aromatic rings. The summed E-state index contributed by atoms with van der Waals surface area (Å²) < 4.78 is 94.8. The number of urea groups is 1. The van der Waals surface area contributed by atoms with Gasteiger partial charge in [-0.1, -0.05) is 19.1 Å². The van der Waals surface area contributed by atoms with E-state index in [9.17, 15) is 35.5 Å². The molecule has 2 aromatic heterocycles. The van der Waals surface area contributed by atoms with Gasteiger partial charge in [0.2, 0.25) is 0 Å². The molecular formula is C24H25F7N6O2. The van der Waals surface area contributed by atoms with Gasteiger partial charge in [0, 0.05) is 43.7 Å². The molecule has 1 aliphatic heterocycles. The van der Waals surface area contributed by atoms with Crippen LogP contribution in [-0.2, 0) is 17.8 Å². The molecule has 1 aromatic carbocycles. The first-order valence-electron chi connectivity index (χ1n) is 11.9. The number of aromatic nitrogens is 3. The van der Waals surface area contributed by atoms with Gasteiger partial charge in [-0.25, -0.2) is 14.2 Å². The van der Waals surface area contributed by atoms with Crippen molar-refractivity contribution in [2.75, 3.05) is 38.1 Å². The molecule has 3 N–H and O–H groups in total. The number of anilines is 1. The van der Waals surface area contributed by atoms with Crippen molar-refractivity contribution in [1.82, 2.24) is 24.8 Å².